The lowest BCUT2D eigenvalue weighted by Gasteiger charge is -2.26. The Morgan fingerprint density at radius 3 is 3.06 bits per heavy atom. The molecule has 2 heterocycles. The third-order valence-corrected chi connectivity index (χ3v) is 4.34. The van der Waals surface area contributed by atoms with Gasteiger partial charge in [-0.2, -0.15) is 0 Å². The van der Waals surface area contributed by atoms with E-state index in [4.69, 9.17) is 5.73 Å². The van der Waals surface area contributed by atoms with E-state index in [2.05, 4.69) is 4.98 Å². The molecule has 1 aliphatic rings. The van der Waals surface area contributed by atoms with Crippen LogP contribution in [0.25, 0.3) is 0 Å². The van der Waals surface area contributed by atoms with Crippen molar-refractivity contribution in [1.29, 1.82) is 0 Å². The van der Waals surface area contributed by atoms with Crippen LogP contribution in [0.4, 0.5) is 11.4 Å². The number of hydrogen-bond donors (Lipinski definition) is 1. The first-order chi connectivity index (χ1) is 8.20. The van der Waals surface area contributed by atoms with Crippen LogP contribution in [0.15, 0.2) is 18.5 Å². The molecule has 1 unspecified atom stereocenters. The summed E-state index contributed by atoms with van der Waals surface area (Å²) in [6.07, 6.45) is 6.56. The Morgan fingerprint density at radius 2 is 2.41 bits per heavy atom. The van der Waals surface area contributed by atoms with Crippen LogP contribution in [-0.2, 0) is 4.79 Å². The third kappa shape index (κ3) is 2.72. The number of pyridine rings is 1. The van der Waals surface area contributed by atoms with E-state index in [1.54, 1.807) is 42.2 Å². The molecule has 0 bridgehead atoms. The molecule has 0 spiro atoms. The number of aromatic nitrogens is 1. The van der Waals surface area contributed by atoms with Gasteiger partial charge in [0.25, 0.3) is 0 Å². The fourth-order valence-corrected chi connectivity index (χ4v) is 3.26. The summed E-state index contributed by atoms with van der Waals surface area (Å²) in [4.78, 5) is 17.9. The molecule has 1 aromatic rings. The van der Waals surface area contributed by atoms with Crippen LogP contribution in [0.2, 0.25) is 0 Å². The second kappa shape index (κ2) is 5.40. The highest BCUT2D eigenvalue weighted by molar-refractivity contribution is 8.00. The van der Waals surface area contributed by atoms with E-state index in [0.717, 1.165) is 24.3 Å². The zero-order valence-corrected chi connectivity index (χ0v) is 10.7. The number of rotatable bonds is 2. The van der Waals surface area contributed by atoms with Gasteiger partial charge in [0.15, 0.2) is 0 Å². The van der Waals surface area contributed by atoms with E-state index >= 15 is 0 Å². The second-order valence-corrected chi connectivity index (χ2v) is 5.50. The summed E-state index contributed by atoms with van der Waals surface area (Å²) in [5.41, 5.74) is 7.12. The topological polar surface area (TPSA) is 59.2 Å². The van der Waals surface area contributed by atoms with Crippen molar-refractivity contribution < 1.29 is 4.79 Å². The van der Waals surface area contributed by atoms with E-state index in [1.807, 2.05) is 0 Å². The van der Waals surface area contributed by atoms with Gasteiger partial charge in [0, 0.05) is 13.2 Å². The molecule has 2 N–H and O–H groups in total. The highest BCUT2D eigenvalue weighted by Gasteiger charge is 2.26. The van der Waals surface area contributed by atoms with Crippen LogP contribution in [0.1, 0.15) is 19.3 Å². The minimum atomic E-state index is 0.0846. The molecule has 1 atom stereocenters. The fourth-order valence-electron chi connectivity index (χ4n) is 1.97. The predicted octanol–water partition coefficient (Wildman–Crippen LogP) is 1.91. The summed E-state index contributed by atoms with van der Waals surface area (Å²) in [5.74, 6) is 1.23. The molecular weight excluding hydrogens is 234 g/mol. The van der Waals surface area contributed by atoms with Crippen LogP contribution in [0, 0.1) is 0 Å². The molecule has 1 saturated heterocycles. The Bertz CT molecular complexity index is 404. The number of carbonyl (C=O) groups excluding carboxylic acids is 1. The fraction of sp³-hybridized carbons (Fsp3) is 0.500. The number of anilines is 2. The molecule has 92 valence electrons. The summed E-state index contributed by atoms with van der Waals surface area (Å²) in [6, 6.07) is 1.78. The predicted molar refractivity (Wildman–Crippen MR) is 72.2 cm³/mol. The largest absolute Gasteiger partial charge is 0.396 e. The van der Waals surface area contributed by atoms with Gasteiger partial charge >= 0.3 is 0 Å². The van der Waals surface area contributed by atoms with Crippen molar-refractivity contribution in [3.8, 4) is 0 Å². The van der Waals surface area contributed by atoms with Gasteiger partial charge in [-0.15, -0.1) is 11.8 Å². The standard InChI is InChI=1S/C12H17N3OS/c1-15(10-5-6-14-8-9(10)13)12(16)11-4-2-3-7-17-11/h5-6,8,11H,2-4,7,13H2,1H3. The van der Waals surface area contributed by atoms with Gasteiger partial charge in [-0.25, -0.2) is 0 Å². The van der Waals surface area contributed by atoms with Crippen molar-refractivity contribution in [1.82, 2.24) is 4.98 Å². The Morgan fingerprint density at radius 1 is 1.59 bits per heavy atom. The summed E-state index contributed by atoms with van der Waals surface area (Å²) < 4.78 is 0. The second-order valence-electron chi connectivity index (χ2n) is 4.19. The van der Waals surface area contributed by atoms with E-state index in [1.165, 1.54) is 6.42 Å². The van der Waals surface area contributed by atoms with E-state index in [9.17, 15) is 4.79 Å². The van der Waals surface area contributed by atoms with Gasteiger partial charge in [-0.05, 0) is 24.7 Å². The highest BCUT2D eigenvalue weighted by Crippen LogP contribution is 2.29. The number of nitrogens with two attached hydrogens (primary N) is 1. The van der Waals surface area contributed by atoms with E-state index in [-0.39, 0.29) is 11.2 Å². The molecule has 1 amide bonds. The van der Waals surface area contributed by atoms with Crippen molar-refractivity contribution >= 4 is 29.0 Å². The normalized spacial score (nSPS) is 19.9. The maximum atomic E-state index is 12.3. The molecule has 0 aromatic carbocycles. The molecular formula is C12H17N3OS. The molecule has 17 heavy (non-hydrogen) atoms. The summed E-state index contributed by atoms with van der Waals surface area (Å²) in [5, 5.41) is 0.0846. The minimum absolute atomic E-state index is 0.0846. The monoisotopic (exact) mass is 251 g/mol. The number of amides is 1. The molecule has 1 aliphatic heterocycles. The van der Waals surface area contributed by atoms with Crippen LogP contribution < -0.4 is 10.6 Å². The zero-order valence-electron chi connectivity index (χ0n) is 9.93. The number of nitrogens with zero attached hydrogens (tertiary/aromatic N) is 2. The first-order valence-corrected chi connectivity index (χ1v) is 6.83. The third-order valence-electron chi connectivity index (χ3n) is 2.97. The summed E-state index contributed by atoms with van der Waals surface area (Å²) in [6.45, 7) is 0. The SMILES string of the molecule is CN(C(=O)C1CCCCS1)c1ccncc1N. The summed E-state index contributed by atoms with van der Waals surface area (Å²) >= 11 is 1.75. The lowest BCUT2D eigenvalue weighted by Crippen LogP contribution is -2.36. The van der Waals surface area contributed by atoms with Gasteiger partial charge < -0.3 is 10.6 Å². The summed E-state index contributed by atoms with van der Waals surface area (Å²) in [7, 11) is 1.78. The van der Waals surface area contributed by atoms with E-state index in [0.29, 0.717) is 5.69 Å². The number of carbonyl (C=O) groups is 1. The van der Waals surface area contributed by atoms with Gasteiger partial charge in [0.2, 0.25) is 5.91 Å². The van der Waals surface area contributed by atoms with Gasteiger partial charge in [-0.3, -0.25) is 9.78 Å². The van der Waals surface area contributed by atoms with Gasteiger partial charge in [0.05, 0.1) is 22.8 Å². The molecule has 0 aliphatic carbocycles. The maximum Gasteiger partial charge on any atom is 0.239 e. The smallest absolute Gasteiger partial charge is 0.239 e. The van der Waals surface area contributed by atoms with Gasteiger partial charge in [-0.1, -0.05) is 6.42 Å². The van der Waals surface area contributed by atoms with Crippen LogP contribution in [0.3, 0.4) is 0 Å². The first-order valence-electron chi connectivity index (χ1n) is 5.79. The molecule has 2 rings (SSSR count). The highest BCUT2D eigenvalue weighted by atomic mass is 32.2. The maximum absolute atomic E-state index is 12.3. The molecule has 1 fully saturated rings. The Hall–Kier alpha value is -1.23. The lowest BCUT2D eigenvalue weighted by atomic mass is 10.1. The van der Waals surface area contributed by atoms with Crippen molar-refractivity contribution in [2.75, 3.05) is 23.4 Å². The van der Waals surface area contributed by atoms with Crippen molar-refractivity contribution in [3.63, 3.8) is 0 Å². The van der Waals surface area contributed by atoms with Gasteiger partial charge in [0.1, 0.15) is 0 Å². The van der Waals surface area contributed by atoms with Crippen molar-refractivity contribution in [2.24, 2.45) is 0 Å². The number of nitrogen functional groups attached to an aromatic ring is 1. The molecule has 5 heteroatoms. The van der Waals surface area contributed by atoms with Crippen LogP contribution >= 0.6 is 11.8 Å². The van der Waals surface area contributed by atoms with Crippen LogP contribution in [0.5, 0.6) is 0 Å². The first kappa shape index (κ1) is 12.2. The van der Waals surface area contributed by atoms with Crippen molar-refractivity contribution in [3.05, 3.63) is 18.5 Å². The number of thioether (sulfide) groups is 1. The Kier molecular flexibility index (Phi) is 3.89. The molecule has 1 aromatic heterocycles. The minimum Gasteiger partial charge on any atom is -0.396 e. The number of hydrogen-bond acceptors (Lipinski definition) is 4. The molecule has 0 saturated carbocycles. The average Bonchev–Trinajstić information content (AvgIpc) is 2.39. The van der Waals surface area contributed by atoms with E-state index < -0.39 is 0 Å². The quantitative estimate of drug-likeness (QED) is 0.872. The lowest BCUT2D eigenvalue weighted by molar-refractivity contribution is -0.118. The molecule has 0 radical (unpaired) electrons. The van der Waals surface area contributed by atoms with Crippen molar-refractivity contribution in [2.45, 2.75) is 24.5 Å². The Balaban J connectivity index is 2.11. The Labute approximate surface area is 106 Å². The zero-order chi connectivity index (χ0) is 12.3. The average molecular weight is 251 g/mol. The molecule has 4 nitrogen and oxygen atoms in total. The van der Waals surface area contributed by atoms with Crippen LogP contribution in [-0.4, -0.2) is 28.9 Å².